The van der Waals surface area contributed by atoms with Gasteiger partial charge in [-0.05, 0) is 36.4 Å². The molecule has 0 aliphatic carbocycles. The number of rotatable bonds is 4. The number of hydrogen-bond acceptors (Lipinski definition) is 4. The number of hydrogen-bond donors (Lipinski definition) is 3. The summed E-state index contributed by atoms with van der Waals surface area (Å²) in [6.45, 7) is 0. The first-order chi connectivity index (χ1) is 9.51. The van der Waals surface area contributed by atoms with Crippen LogP contribution in [0.25, 0.3) is 0 Å². The summed E-state index contributed by atoms with van der Waals surface area (Å²) < 4.78 is 5.22. The minimum Gasteiger partial charge on any atom is -0.495 e. The molecule has 0 saturated heterocycles. The molecule has 0 aromatic heterocycles. The fourth-order valence-electron chi connectivity index (χ4n) is 1.73. The number of carboxylic acid groups (broad SMARTS) is 1. The number of aromatic carboxylic acids is 1. The summed E-state index contributed by atoms with van der Waals surface area (Å²) >= 11 is 5.94. The van der Waals surface area contributed by atoms with Crippen LogP contribution in [0.1, 0.15) is 10.4 Å². The van der Waals surface area contributed by atoms with Crippen molar-refractivity contribution in [2.45, 2.75) is 0 Å². The number of nitrogen functional groups attached to an aromatic ring is 1. The Morgan fingerprint density at radius 2 is 2.00 bits per heavy atom. The summed E-state index contributed by atoms with van der Waals surface area (Å²) in [6.07, 6.45) is 0. The number of carbonyl (C=O) groups is 1. The number of halogens is 1. The fourth-order valence-corrected chi connectivity index (χ4v) is 1.90. The first kappa shape index (κ1) is 14.0. The first-order valence-corrected chi connectivity index (χ1v) is 6.12. The van der Waals surface area contributed by atoms with Gasteiger partial charge in [-0.3, -0.25) is 0 Å². The second kappa shape index (κ2) is 5.71. The smallest absolute Gasteiger partial charge is 0.335 e. The molecule has 2 rings (SSSR count). The highest BCUT2D eigenvalue weighted by Crippen LogP contribution is 2.32. The van der Waals surface area contributed by atoms with E-state index in [4.69, 9.17) is 27.2 Å². The Morgan fingerprint density at radius 1 is 1.25 bits per heavy atom. The van der Waals surface area contributed by atoms with Gasteiger partial charge in [0.2, 0.25) is 0 Å². The van der Waals surface area contributed by atoms with Gasteiger partial charge in [-0.15, -0.1) is 0 Å². The molecule has 0 bridgehead atoms. The maximum Gasteiger partial charge on any atom is 0.335 e. The van der Waals surface area contributed by atoms with Crippen LogP contribution in [0.15, 0.2) is 36.4 Å². The van der Waals surface area contributed by atoms with Crippen LogP contribution >= 0.6 is 11.6 Å². The Hall–Kier alpha value is -2.40. The van der Waals surface area contributed by atoms with E-state index >= 15 is 0 Å². The van der Waals surface area contributed by atoms with E-state index in [9.17, 15) is 4.79 Å². The maximum absolute atomic E-state index is 10.9. The van der Waals surface area contributed by atoms with Gasteiger partial charge in [0.25, 0.3) is 0 Å². The molecule has 0 aliphatic heterocycles. The molecule has 0 aliphatic rings. The lowest BCUT2D eigenvalue weighted by Crippen LogP contribution is -2.02. The Bertz CT molecular complexity index is 659. The minimum absolute atomic E-state index is 0.131. The van der Waals surface area contributed by atoms with Crippen LogP contribution < -0.4 is 15.8 Å². The Balaban J connectivity index is 2.35. The van der Waals surface area contributed by atoms with Crippen molar-refractivity contribution >= 4 is 34.6 Å². The van der Waals surface area contributed by atoms with Crippen LogP contribution in [0.5, 0.6) is 5.75 Å². The standard InChI is InChI=1S/C14H13ClN2O3/c1-20-13-5-3-9(15)7-12(13)17-11-4-2-8(14(18)19)6-10(11)16/h2-7,17H,16H2,1H3,(H,18,19). The van der Waals surface area contributed by atoms with Crippen LogP contribution in [0.4, 0.5) is 17.1 Å². The third-order valence-corrected chi connectivity index (χ3v) is 2.96. The number of ether oxygens (including phenoxy) is 1. The average Bonchev–Trinajstić information content (AvgIpc) is 2.41. The number of nitrogens with one attached hydrogen (secondary N) is 1. The van der Waals surface area contributed by atoms with Crippen LogP contribution in [-0.2, 0) is 0 Å². The van der Waals surface area contributed by atoms with Gasteiger partial charge in [0.1, 0.15) is 5.75 Å². The Labute approximate surface area is 120 Å². The van der Waals surface area contributed by atoms with Crippen molar-refractivity contribution in [3.8, 4) is 5.75 Å². The molecule has 0 amide bonds. The van der Waals surface area contributed by atoms with E-state index in [0.29, 0.717) is 27.8 Å². The van der Waals surface area contributed by atoms with Crippen molar-refractivity contribution in [2.24, 2.45) is 0 Å². The van der Waals surface area contributed by atoms with Crippen molar-refractivity contribution < 1.29 is 14.6 Å². The molecule has 0 radical (unpaired) electrons. The lowest BCUT2D eigenvalue weighted by molar-refractivity contribution is 0.0697. The van der Waals surface area contributed by atoms with E-state index in [1.54, 1.807) is 31.4 Å². The number of nitrogens with two attached hydrogens (primary N) is 1. The molecule has 0 heterocycles. The average molecular weight is 293 g/mol. The van der Waals surface area contributed by atoms with E-state index < -0.39 is 5.97 Å². The Kier molecular flexibility index (Phi) is 4.00. The summed E-state index contributed by atoms with van der Waals surface area (Å²) in [5.74, 6) is -0.417. The molecule has 0 spiro atoms. The highest BCUT2D eigenvalue weighted by atomic mass is 35.5. The molecule has 6 heteroatoms. The first-order valence-electron chi connectivity index (χ1n) is 5.74. The van der Waals surface area contributed by atoms with Crippen LogP contribution in [-0.4, -0.2) is 18.2 Å². The number of benzene rings is 2. The van der Waals surface area contributed by atoms with E-state index in [1.165, 1.54) is 12.1 Å². The zero-order chi connectivity index (χ0) is 14.7. The minimum atomic E-state index is -1.02. The van der Waals surface area contributed by atoms with Crippen LogP contribution in [0.3, 0.4) is 0 Å². The molecular formula is C14H13ClN2O3. The monoisotopic (exact) mass is 292 g/mol. The van der Waals surface area contributed by atoms with Gasteiger partial charge >= 0.3 is 5.97 Å². The van der Waals surface area contributed by atoms with Gasteiger partial charge in [0, 0.05) is 5.02 Å². The molecule has 0 fully saturated rings. The van der Waals surface area contributed by atoms with E-state index in [2.05, 4.69) is 5.32 Å². The number of carboxylic acids is 1. The zero-order valence-electron chi connectivity index (χ0n) is 10.7. The third kappa shape index (κ3) is 2.95. The lowest BCUT2D eigenvalue weighted by Gasteiger charge is -2.13. The number of anilines is 3. The van der Waals surface area contributed by atoms with Gasteiger partial charge in [-0.2, -0.15) is 0 Å². The molecule has 20 heavy (non-hydrogen) atoms. The SMILES string of the molecule is COc1ccc(Cl)cc1Nc1ccc(C(=O)O)cc1N. The topological polar surface area (TPSA) is 84.6 Å². The maximum atomic E-state index is 10.9. The van der Waals surface area contributed by atoms with E-state index in [1.807, 2.05) is 0 Å². The number of methoxy groups -OCH3 is 1. The summed E-state index contributed by atoms with van der Waals surface area (Å²) in [4.78, 5) is 10.9. The van der Waals surface area contributed by atoms with Gasteiger partial charge < -0.3 is 20.9 Å². The van der Waals surface area contributed by atoms with Gasteiger partial charge in [-0.25, -0.2) is 4.79 Å². The van der Waals surface area contributed by atoms with E-state index in [-0.39, 0.29) is 5.56 Å². The van der Waals surface area contributed by atoms with Crippen LogP contribution in [0.2, 0.25) is 5.02 Å². The second-order valence-electron chi connectivity index (χ2n) is 4.08. The normalized spacial score (nSPS) is 10.1. The fraction of sp³-hybridized carbons (Fsp3) is 0.0714. The molecule has 4 N–H and O–H groups in total. The molecule has 5 nitrogen and oxygen atoms in total. The molecule has 0 saturated carbocycles. The van der Waals surface area contributed by atoms with E-state index in [0.717, 1.165) is 0 Å². The van der Waals surface area contributed by atoms with Crippen molar-refractivity contribution in [3.63, 3.8) is 0 Å². The molecule has 0 unspecified atom stereocenters. The summed E-state index contributed by atoms with van der Waals surface area (Å²) in [7, 11) is 1.55. The second-order valence-corrected chi connectivity index (χ2v) is 4.51. The van der Waals surface area contributed by atoms with Gasteiger partial charge in [0.05, 0.1) is 29.7 Å². The highest BCUT2D eigenvalue weighted by molar-refractivity contribution is 6.31. The summed E-state index contributed by atoms with van der Waals surface area (Å²) in [5, 5.41) is 12.5. The third-order valence-electron chi connectivity index (χ3n) is 2.73. The van der Waals surface area contributed by atoms with Gasteiger partial charge in [-0.1, -0.05) is 11.6 Å². The summed E-state index contributed by atoms with van der Waals surface area (Å²) in [5.41, 5.74) is 7.52. The molecule has 104 valence electrons. The largest absolute Gasteiger partial charge is 0.495 e. The highest BCUT2D eigenvalue weighted by Gasteiger charge is 2.09. The van der Waals surface area contributed by atoms with Crippen molar-refractivity contribution in [2.75, 3.05) is 18.2 Å². The molecule has 2 aromatic rings. The lowest BCUT2D eigenvalue weighted by atomic mass is 10.1. The van der Waals surface area contributed by atoms with Crippen LogP contribution in [0, 0.1) is 0 Å². The van der Waals surface area contributed by atoms with Crippen molar-refractivity contribution in [1.29, 1.82) is 0 Å². The van der Waals surface area contributed by atoms with Crippen molar-refractivity contribution in [1.82, 2.24) is 0 Å². The molecule has 2 aromatic carbocycles. The zero-order valence-corrected chi connectivity index (χ0v) is 11.4. The predicted octanol–water partition coefficient (Wildman–Crippen LogP) is 3.37. The predicted molar refractivity (Wildman–Crippen MR) is 79.1 cm³/mol. The van der Waals surface area contributed by atoms with Crippen molar-refractivity contribution in [3.05, 3.63) is 47.0 Å². The Morgan fingerprint density at radius 3 is 2.60 bits per heavy atom. The quantitative estimate of drug-likeness (QED) is 0.752. The van der Waals surface area contributed by atoms with Gasteiger partial charge in [0.15, 0.2) is 0 Å². The summed E-state index contributed by atoms with van der Waals surface area (Å²) in [6, 6.07) is 9.60. The molecule has 0 atom stereocenters. The molecular weight excluding hydrogens is 280 g/mol.